The third kappa shape index (κ3) is 6.56. The molecular formula is C39H36F5N7O4. The molecule has 2 bridgehead atoms. The number of phenols is 1. The topological polar surface area (TPSA) is 109 Å². The van der Waals surface area contributed by atoms with Crippen LogP contribution in [0.2, 0.25) is 0 Å². The lowest BCUT2D eigenvalue weighted by molar-refractivity contribution is -0.188. The van der Waals surface area contributed by atoms with Crippen LogP contribution in [-0.4, -0.2) is 107 Å². The largest absolute Gasteiger partial charge is 0.508 e. The van der Waals surface area contributed by atoms with Crippen LogP contribution < -0.4 is 14.4 Å². The van der Waals surface area contributed by atoms with Crippen LogP contribution in [0, 0.1) is 36.0 Å². The molecule has 4 aromatic rings. The van der Waals surface area contributed by atoms with E-state index in [1.54, 1.807) is 4.90 Å². The Morgan fingerprint density at radius 3 is 2.40 bits per heavy atom. The van der Waals surface area contributed by atoms with Gasteiger partial charge < -0.3 is 34.1 Å². The molecule has 1 aliphatic carbocycles. The fourth-order valence-electron chi connectivity index (χ4n) is 8.45. The molecule has 5 heterocycles. The number of aromatic hydroxyl groups is 1. The van der Waals surface area contributed by atoms with Crippen LogP contribution in [0.5, 0.6) is 17.6 Å². The summed E-state index contributed by atoms with van der Waals surface area (Å²) in [5.74, 6) is -1.62. The summed E-state index contributed by atoms with van der Waals surface area (Å²) in [7, 11) is 1.30. The molecule has 1 saturated carbocycles. The number of likely N-dealkylation sites (tertiary alicyclic amines) is 1. The molecule has 16 heteroatoms. The van der Waals surface area contributed by atoms with E-state index in [0.29, 0.717) is 18.2 Å². The second-order valence-electron chi connectivity index (χ2n) is 14.9. The summed E-state index contributed by atoms with van der Waals surface area (Å²) in [6, 6.07) is 3.38. The van der Waals surface area contributed by atoms with E-state index in [2.05, 4.69) is 25.6 Å². The Hall–Kier alpha value is -5.48. The molecule has 0 radical (unpaired) electrons. The molecule has 2 aromatic carbocycles. The zero-order chi connectivity index (χ0) is 38.8. The van der Waals surface area contributed by atoms with Gasteiger partial charge in [-0.05, 0) is 49.3 Å². The molecule has 8 rings (SSSR count). The first-order valence-corrected chi connectivity index (χ1v) is 18.1. The predicted octanol–water partition coefficient (Wildman–Crippen LogP) is 6.10. The molecule has 4 aliphatic rings. The number of hydrogen-bond donors (Lipinski definition) is 1. The number of terminal acetylenes is 1. The third-order valence-electron chi connectivity index (χ3n) is 11.4. The predicted molar refractivity (Wildman–Crippen MR) is 191 cm³/mol. The molecule has 2 unspecified atom stereocenters. The molecule has 0 spiro atoms. The highest BCUT2D eigenvalue weighted by molar-refractivity contribution is 6.04. The van der Waals surface area contributed by atoms with E-state index in [9.17, 15) is 23.1 Å². The summed E-state index contributed by atoms with van der Waals surface area (Å²) in [6.45, 7) is 9.82. The van der Waals surface area contributed by atoms with Crippen LogP contribution in [0.25, 0.3) is 37.8 Å². The number of anilines is 1. The Balaban J connectivity index is 1.23. The van der Waals surface area contributed by atoms with Gasteiger partial charge in [-0.2, -0.15) is 23.1 Å². The quantitative estimate of drug-likeness (QED) is 0.130. The van der Waals surface area contributed by atoms with Gasteiger partial charge in [-0.25, -0.2) is 20.3 Å². The standard InChI is InChI=1S/C39H36F5N7O4/c1-4-26-28(40)8-5-21-15-25(52)16-27(29(21)26)32-31(41)33-30(35(46-32)54-3)34(50-17-23-6-7-24(18-50)51(23)36(53)39(42,43)44)48-37(47-33)55-20-38(11-12-38)19-49-13-9-22(45-2)10-14-49/h1,5,8,15-16,22-24,52H,6-7,9-14,17-20H2,3H3. The lowest BCUT2D eigenvalue weighted by atomic mass is 9.95. The second-order valence-corrected chi connectivity index (χ2v) is 14.9. The molecule has 2 atom stereocenters. The number of carbonyl (C=O) groups excluding carboxylic acids is 1. The number of benzene rings is 2. The van der Waals surface area contributed by atoms with E-state index < -0.39 is 35.8 Å². The first-order chi connectivity index (χ1) is 26.3. The van der Waals surface area contributed by atoms with Crippen molar-refractivity contribution in [1.82, 2.24) is 24.8 Å². The van der Waals surface area contributed by atoms with Gasteiger partial charge in [0.2, 0.25) is 11.9 Å². The van der Waals surface area contributed by atoms with Crippen molar-refractivity contribution in [2.75, 3.05) is 51.3 Å². The number of hydrogen-bond acceptors (Lipinski definition) is 9. The Kier molecular flexibility index (Phi) is 9.07. The van der Waals surface area contributed by atoms with Gasteiger partial charge in [-0.3, -0.25) is 4.79 Å². The van der Waals surface area contributed by atoms with Crippen molar-refractivity contribution in [3.05, 3.63) is 52.9 Å². The molecule has 55 heavy (non-hydrogen) atoms. The summed E-state index contributed by atoms with van der Waals surface area (Å²) in [5, 5.41) is 11.1. The van der Waals surface area contributed by atoms with Gasteiger partial charge >= 0.3 is 18.1 Å². The normalized spacial score (nSPS) is 21.1. The molecule has 2 aromatic heterocycles. The highest BCUT2D eigenvalue weighted by atomic mass is 19.4. The van der Waals surface area contributed by atoms with Gasteiger partial charge in [-0.1, -0.05) is 12.0 Å². The number of methoxy groups -OCH3 is 1. The van der Waals surface area contributed by atoms with E-state index in [1.807, 2.05) is 0 Å². The number of nitrogens with zero attached hydrogens (tertiary/aromatic N) is 7. The van der Waals surface area contributed by atoms with Gasteiger partial charge in [-0.15, -0.1) is 6.42 Å². The minimum absolute atomic E-state index is 0.0164. The number of amides is 1. The third-order valence-corrected chi connectivity index (χ3v) is 11.4. The number of rotatable bonds is 8. The molecule has 3 saturated heterocycles. The van der Waals surface area contributed by atoms with Gasteiger partial charge in [0.25, 0.3) is 0 Å². The smallest absolute Gasteiger partial charge is 0.471 e. The number of ether oxygens (including phenoxy) is 2. The Morgan fingerprint density at radius 1 is 1.07 bits per heavy atom. The second kappa shape index (κ2) is 13.7. The first kappa shape index (κ1) is 36.5. The number of aromatic nitrogens is 3. The summed E-state index contributed by atoms with van der Waals surface area (Å²) in [4.78, 5) is 34.7. The van der Waals surface area contributed by atoms with Crippen molar-refractivity contribution >= 4 is 33.4 Å². The fraction of sp³-hybridized carbons (Fsp3) is 0.462. The highest BCUT2D eigenvalue weighted by Crippen LogP contribution is 2.48. The Morgan fingerprint density at radius 2 is 1.78 bits per heavy atom. The van der Waals surface area contributed by atoms with Crippen LogP contribution in [0.15, 0.2) is 24.3 Å². The molecule has 1 amide bonds. The molecule has 3 aliphatic heterocycles. The average Bonchev–Trinajstić information content (AvgIpc) is 3.89. The number of piperidine rings is 1. The molecule has 286 valence electrons. The maximum absolute atomic E-state index is 17.2. The van der Waals surface area contributed by atoms with E-state index in [1.165, 1.54) is 25.3 Å². The van der Waals surface area contributed by atoms with E-state index in [-0.39, 0.29) is 87.7 Å². The average molecular weight is 762 g/mol. The Bertz CT molecular complexity index is 2280. The van der Waals surface area contributed by atoms with E-state index in [4.69, 9.17) is 27.5 Å². The van der Waals surface area contributed by atoms with Crippen molar-refractivity contribution in [2.24, 2.45) is 5.41 Å². The summed E-state index contributed by atoms with van der Waals surface area (Å²) in [6.07, 6.45) is 4.67. The van der Waals surface area contributed by atoms with Crippen molar-refractivity contribution < 1.29 is 41.3 Å². The number of halogens is 5. The van der Waals surface area contributed by atoms with Crippen LogP contribution in [-0.2, 0) is 4.79 Å². The number of alkyl halides is 3. The fourth-order valence-corrected chi connectivity index (χ4v) is 8.45. The van der Waals surface area contributed by atoms with E-state index in [0.717, 1.165) is 56.3 Å². The van der Waals surface area contributed by atoms with Crippen molar-refractivity contribution in [3.63, 3.8) is 0 Å². The van der Waals surface area contributed by atoms with Gasteiger partial charge in [0.15, 0.2) is 5.82 Å². The first-order valence-electron chi connectivity index (χ1n) is 18.1. The van der Waals surface area contributed by atoms with Gasteiger partial charge in [0.05, 0.1) is 31.4 Å². The summed E-state index contributed by atoms with van der Waals surface area (Å²) in [5.41, 5.74) is -1.05. The highest BCUT2D eigenvalue weighted by Gasteiger charge is 2.52. The SMILES string of the molecule is [C-]#[N+]C1CCN(CC2(COc3nc(N4CC5CCC(C4)N5C(=O)C(F)(F)F)c4c(OC)nc(-c5cc(O)cc6ccc(F)c(C#C)c56)c(F)c4n3)CC2)CC1. The number of piperazine rings is 1. The van der Waals surface area contributed by atoms with Crippen molar-refractivity contribution in [3.8, 4) is 41.2 Å². The monoisotopic (exact) mass is 761 g/mol. The molecule has 11 nitrogen and oxygen atoms in total. The summed E-state index contributed by atoms with van der Waals surface area (Å²) >= 11 is 0. The minimum atomic E-state index is -5.04. The Labute approximate surface area is 312 Å². The van der Waals surface area contributed by atoms with Gasteiger partial charge in [0, 0.05) is 61.9 Å². The summed E-state index contributed by atoms with van der Waals surface area (Å²) < 4.78 is 85.0. The van der Waals surface area contributed by atoms with Crippen LogP contribution in [0.4, 0.5) is 27.8 Å². The lowest BCUT2D eigenvalue weighted by Gasteiger charge is -2.42. The number of carbonyl (C=O) groups is 1. The van der Waals surface area contributed by atoms with Gasteiger partial charge in [0.1, 0.15) is 34.0 Å². The van der Waals surface area contributed by atoms with E-state index >= 15 is 8.78 Å². The van der Waals surface area contributed by atoms with Crippen LogP contribution in [0.3, 0.4) is 0 Å². The van der Waals surface area contributed by atoms with Crippen molar-refractivity contribution in [2.45, 2.75) is 62.8 Å². The molecule has 4 fully saturated rings. The zero-order valence-electron chi connectivity index (χ0n) is 29.8. The maximum atomic E-state index is 17.2. The van der Waals surface area contributed by atoms with Crippen LogP contribution in [0.1, 0.15) is 44.1 Å². The van der Waals surface area contributed by atoms with Crippen LogP contribution >= 0.6 is 0 Å². The number of fused-ring (bicyclic) bond motifs is 4. The molecule has 1 N–H and O–H groups in total. The maximum Gasteiger partial charge on any atom is 0.471 e. The minimum Gasteiger partial charge on any atom is -0.508 e. The zero-order valence-corrected chi connectivity index (χ0v) is 29.8. The number of pyridine rings is 1. The van der Waals surface area contributed by atoms with Crippen molar-refractivity contribution in [1.29, 1.82) is 0 Å². The molecular weight excluding hydrogens is 725 g/mol. The number of phenolic OH excluding ortho intramolecular Hbond substituents is 1. The lowest BCUT2D eigenvalue weighted by Crippen LogP contribution is -2.59.